The maximum Gasteiger partial charge on any atom is 0.245 e. The van der Waals surface area contributed by atoms with Gasteiger partial charge in [-0.3, -0.25) is 24.1 Å². The molecule has 1 aliphatic rings. The molecule has 0 radical (unpaired) electrons. The Bertz CT molecular complexity index is 1400. The van der Waals surface area contributed by atoms with Crippen molar-refractivity contribution >= 4 is 23.6 Å². The number of methoxy groups -OCH3 is 2. The lowest BCUT2D eigenvalue weighted by Crippen LogP contribution is -2.60. The van der Waals surface area contributed by atoms with Crippen molar-refractivity contribution in [2.45, 2.75) is 129 Å². The third-order valence-corrected chi connectivity index (χ3v) is 11.0. The Labute approximate surface area is 322 Å². The Morgan fingerprint density at radius 2 is 1.63 bits per heavy atom. The fraction of sp³-hybridized carbons (Fsp3) is 0.744. The quantitative estimate of drug-likeness (QED) is 0.0956. The van der Waals surface area contributed by atoms with Crippen LogP contribution in [-0.4, -0.2) is 134 Å². The molecule has 1 aromatic rings. The van der Waals surface area contributed by atoms with E-state index in [4.69, 9.17) is 9.47 Å². The van der Waals surface area contributed by atoms with Gasteiger partial charge < -0.3 is 35.0 Å². The zero-order valence-electron chi connectivity index (χ0n) is 34.4. The van der Waals surface area contributed by atoms with Gasteiger partial charge in [0.25, 0.3) is 0 Å². The van der Waals surface area contributed by atoms with Crippen molar-refractivity contribution in [3.05, 3.63) is 46.3 Å². The van der Waals surface area contributed by atoms with Crippen molar-refractivity contribution in [3.8, 4) is 0 Å². The summed E-state index contributed by atoms with van der Waals surface area (Å²) in [4.78, 5) is 63.4. The van der Waals surface area contributed by atoms with Crippen molar-refractivity contribution in [3.63, 3.8) is 0 Å². The van der Waals surface area contributed by atoms with Crippen LogP contribution in [0.1, 0.15) is 85.8 Å². The Hall–Kier alpha value is -3.75. The highest BCUT2D eigenvalue weighted by Crippen LogP contribution is 2.30. The van der Waals surface area contributed by atoms with Crippen LogP contribution in [0.3, 0.4) is 0 Å². The number of amides is 4. The molecule has 11 atom stereocenters. The molecule has 0 saturated carbocycles. The molecule has 1 aliphatic heterocycles. The molecule has 0 aromatic heterocycles. The van der Waals surface area contributed by atoms with Gasteiger partial charge in [0.1, 0.15) is 6.04 Å². The number of rotatable bonds is 21. The van der Waals surface area contributed by atoms with E-state index in [1.165, 1.54) is 19.1 Å². The van der Waals surface area contributed by atoms with Crippen molar-refractivity contribution < 1.29 is 33.8 Å². The van der Waals surface area contributed by atoms with E-state index in [0.29, 0.717) is 24.9 Å². The third kappa shape index (κ3) is 11.9. The summed E-state index contributed by atoms with van der Waals surface area (Å²) >= 11 is 0. The van der Waals surface area contributed by atoms with Crippen LogP contribution in [0.4, 0.5) is 0 Å². The van der Waals surface area contributed by atoms with E-state index in [0.717, 1.165) is 6.42 Å². The molecule has 54 heavy (non-hydrogen) atoms. The van der Waals surface area contributed by atoms with Crippen LogP contribution >= 0.6 is 0 Å². The van der Waals surface area contributed by atoms with Gasteiger partial charge in [-0.05, 0) is 56.8 Å². The average molecular weight is 759 g/mol. The first-order valence-electron chi connectivity index (χ1n) is 19.1. The summed E-state index contributed by atoms with van der Waals surface area (Å²) in [7, 11) is 8.24. The lowest BCUT2D eigenvalue weighted by molar-refractivity contribution is -0.147. The van der Waals surface area contributed by atoms with E-state index in [2.05, 4.69) is 20.7 Å². The van der Waals surface area contributed by atoms with E-state index in [9.17, 15) is 29.8 Å². The summed E-state index contributed by atoms with van der Waals surface area (Å²) in [6.07, 6.45) is -0.254. The molecule has 0 aliphatic carbocycles. The normalized spacial score (nSPS) is 20.1. The molecule has 2 rings (SSSR count). The van der Waals surface area contributed by atoms with E-state index in [1.807, 2.05) is 45.9 Å². The molecule has 1 aromatic carbocycles. The largest absolute Gasteiger partial charge is 0.386 e. The van der Waals surface area contributed by atoms with Crippen LogP contribution in [0, 0.1) is 17.8 Å². The first kappa shape index (κ1) is 46.4. The Morgan fingerprint density at radius 3 is 2.15 bits per heavy atom. The van der Waals surface area contributed by atoms with E-state index >= 15 is 0 Å². The molecule has 1 fully saturated rings. The molecule has 0 spiro atoms. The minimum Gasteiger partial charge on any atom is -0.386 e. The Kier molecular flexibility index (Phi) is 18.9. The zero-order chi connectivity index (χ0) is 40.9. The number of azide groups is 1. The predicted octanol–water partition coefficient (Wildman–Crippen LogP) is 3.91. The molecular weight excluding hydrogens is 692 g/mol. The molecule has 0 unspecified atom stereocenters. The molecule has 304 valence electrons. The summed E-state index contributed by atoms with van der Waals surface area (Å²) in [5, 5.41) is 20.4. The maximum atomic E-state index is 14.3. The number of hydrogen-bond donors (Lipinski definition) is 3. The number of ether oxygens (including phenoxy) is 2. The minimum absolute atomic E-state index is 0.0457. The molecule has 3 N–H and O–H groups in total. The van der Waals surface area contributed by atoms with Crippen LogP contribution in [0.25, 0.3) is 10.4 Å². The molecule has 0 bridgehead atoms. The number of nitrogens with zero attached hydrogens (tertiary/aromatic N) is 6. The van der Waals surface area contributed by atoms with Crippen molar-refractivity contribution in [1.82, 2.24) is 25.3 Å². The SMILES string of the molecule is CC[C@H](C)[C@@H]([C@@H](CC(=O)N1CCC[C@H]1[C@H](OC)[C@@H](C)C(=O)N[C@H](C)[C@@H](O)c1ccccc1)OC)N(C)C(=O)[C@H](NC(=O)[C@H](C(C)C)N(C)C)[C@H](C)N=[N+]=[N-]. The van der Waals surface area contributed by atoms with E-state index < -0.39 is 60.3 Å². The summed E-state index contributed by atoms with van der Waals surface area (Å²) in [6, 6.07) is 5.02. The summed E-state index contributed by atoms with van der Waals surface area (Å²) in [5.74, 6) is -2.13. The Morgan fingerprint density at radius 1 is 1.00 bits per heavy atom. The number of aliphatic hydroxyl groups excluding tert-OH is 1. The highest BCUT2D eigenvalue weighted by atomic mass is 16.5. The maximum absolute atomic E-state index is 14.3. The Balaban J connectivity index is 2.31. The highest BCUT2D eigenvalue weighted by molar-refractivity contribution is 5.90. The van der Waals surface area contributed by atoms with Crippen LogP contribution in [-0.2, 0) is 28.7 Å². The second kappa shape index (κ2) is 22.0. The van der Waals surface area contributed by atoms with Crippen molar-refractivity contribution in [1.29, 1.82) is 0 Å². The zero-order valence-corrected chi connectivity index (χ0v) is 34.4. The van der Waals surface area contributed by atoms with Crippen LogP contribution in [0.5, 0.6) is 0 Å². The number of benzene rings is 1. The number of likely N-dealkylation sites (tertiary alicyclic amines) is 1. The van der Waals surface area contributed by atoms with Gasteiger partial charge in [-0.15, -0.1) is 0 Å². The average Bonchev–Trinajstić information content (AvgIpc) is 3.62. The third-order valence-electron chi connectivity index (χ3n) is 11.0. The van der Waals surface area contributed by atoms with E-state index in [1.54, 1.807) is 63.8 Å². The summed E-state index contributed by atoms with van der Waals surface area (Å²) in [5.41, 5.74) is 9.94. The second-order valence-electron chi connectivity index (χ2n) is 15.3. The lowest BCUT2D eigenvalue weighted by Gasteiger charge is -2.41. The molecule has 15 heteroatoms. The second-order valence-corrected chi connectivity index (χ2v) is 15.3. The first-order valence-corrected chi connectivity index (χ1v) is 19.1. The smallest absolute Gasteiger partial charge is 0.245 e. The molecular formula is C39H66N8O7. The molecule has 1 heterocycles. The topological polar surface area (TPSA) is 190 Å². The predicted molar refractivity (Wildman–Crippen MR) is 208 cm³/mol. The van der Waals surface area contributed by atoms with Gasteiger partial charge in [0.05, 0.1) is 60.9 Å². The van der Waals surface area contributed by atoms with Crippen molar-refractivity contribution in [2.24, 2.45) is 22.9 Å². The summed E-state index contributed by atoms with van der Waals surface area (Å²) in [6.45, 7) is 13.4. The van der Waals surface area contributed by atoms with Gasteiger partial charge in [-0.1, -0.05) is 83.4 Å². The number of hydrogen-bond acceptors (Lipinski definition) is 9. The van der Waals surface area contributed by atoms with E-state index in [-0.39, 0.29) is 42.0 Å². The van der Waals surface area contributed by atoms with Crippen LogP contribution < -0.4 is 10.6 Å². The summed E-state index contributed by atoms with van der Waals surface area (Å²) < 4.78 is 11.9. The highest BCUT2D eigenvalue weighted by Gasteiger charge is 2.43. The minimum atomic E-state index is -1.16. The number of carbonyl (C=O) groups excluding carboxylic acids is 4. The van der Waals surface area contributed by atoms with Gasteiger partial charge in [0.15, 0.2) is 0 Å². The molecule has 1 saturated heterocycles. The van der Waals surface area contributed by atoms with Gasteiger partial charge in [0, 0.05) is 32.7 Å². The fourth-order valence-electron chi connectivity index (χ4n) is 7.81. The molecule has 4 amide bonds. The van der Waals surface area contributed by atoms with Crippen LogP contribution in [0.15, 0.2) is 35.4 Å². The van der Waals surface area contributed by atoms with Gasteiger partial charge in [0.2, 0.25) is 23.6 Å². The lowest BCUT2D eigenvalue weighted by atomic mass is 9.89. The van der Waals surface area contributed by atoms with Gasteiger partial charge in [-0.25, -0.2) is 0 Å². The number of nitrogens with one attached hydrogen (secondary N) is 2. The van der Waals surface area contributed by atoms with Crippen LogP contribution in [0.2, 0.25) is 0 Å². The fourth-order valence-corrected chi connectivity index (χ4v) is 7.81. The van der Waals surface area contributed by atoms with Gasteiger partial charge >= 0.3 is 0 Å². The standard InChI is InChI=1S/C39H66N8O7/c1-13-24(4)34(46(10)39(52)32(26(6)43-44-40)42-38(51)33(23(2)3)45(8)9)30(53-11)22-31(48)47-21-17-20-29(47)36(54-12)25(5)37(50)41-27(7)35(49)28-18-15-14-16-19-28/h14-16,18-19,23-27,29-30,32-36,49H,13,17,20-22H2,1-12H3,(H,41,50)(H,42,51)/t24-,25+,26-,27+,29-,30+,32+,33-,34-,35+,36+/m0/s1. The number of carbonyl (C=O) groups is 4. The number of aliphatic hydroxyl groups is 1. The van der Waals surface area contributed by atoms with Gasteiger partial charge in [-0.2, -0.15) is 0 Å². The molecule has 15 nitrogen and oxygen atoms in total. The van der Waals surface area contributed by atoms with Crippen molar-refractivity contribution in [2.75, 3.05) is 41.9 Å². The first-order chi connectivity index (χ1) is 25.5. The number of likely N-dealkylation sites (N-methyl/N-ethyl adjacent to an activating group) is 2. The monoisotopic (exact) mass is 759 g/mol.